The second-order valence-electron chi connectivity index (χ2n) is 4.16. The number of primary amides is 1. The van der Waals surface area contributed by atoms with Crippen molar-refractivity contribution in [2.45, 2.75) is 6.04 Å². The minimum absolute atomic E-state index is 0.127. The fourth-order valence-corrected chi connectivity index (χ4v) is 2.13. The minimum atomic E-state index is -1.01. The van der Waals surface area contributed by atoms with Crippen LogP contribution in [0.3, 0.4) is 0 Å². The number of rotatable bonds is 4. The minimum Gasteiger partial charge on any atom is -0.370 e. The van der Waals surface area contributed by atoms with Gasteiger partial charge in [-0.15, -0.1) is 0 Å². The van der Waals surface area contributed by atoms with Gasteiger partial charge < -0.3 is 11.1 Å². The fourth-order valence-electron chi connectivity index (χ4n) is 1.78. The first-order valence-corrected chi connectivity index (χ1v) is 6.49. The summed E-state index contributed by atoms with van der Waals surface area (Å²) < 4.78 is 13.9. The molecule has 0 fully saturated rings. The summed E-state index contributed by atoms with van der Waals surface area (Å²) in [5, 5.41) is 3.60. The summed E-state index contributed by atoms with van der Waals surface area (Å²) in [6, 6.07) is 9.76. The van der Waals surface area contributed by atoms with Gasteiger partial charge in [0.15, 0.2) is 0 Å². The monoisotopic (exact) mass is 312 g/mol. The van der Waals surface area contributed by atoms with Crippen molar-refractivity contribution in [3.63, 3.8) is 0 Å². The molecule has 3 N–H and O–H groups in total. The first-order chi connectivity index (χ1) is 9.47. The number of carbonyl (C=O) groups is 1. The van der Waals surface area contributed by atoms with Crippen molar-refractivity contribution >= 4 is 34.8 Å². The Bertz CT molecular complexity index is 649. The van der Waals surface area contributed by atoms with Crippen molar-refractivity contribution in [2.75, 3.05) is 5.32 Å². The molecule has 3 nitrogen and oxygen atoms in total. The third kappa shape index (κ3) is 3.40. The average Bonchev–Trinajstić information content (AvgIpc) is 2.36. The second-order valence-corrected chi connectivity index (χ2v) is 5.03. The molecule has 1 unspecified atom stereocenters. The van der Waals surface area contributed by atoms with E-state index in [0.29, 0.717) is 10.7 Å². The number of anilines is 1. The molecular weight excluding hydrogens is 302 g/mol. The number of hydrogen-bond donors (Lipinski definition) is 2. The maximum Gasteiger partial charge on any atom is 0.244 e. The molecule has 2 aromatic rings. The van der Waals surface area contributed by atoms with E-state index in [-0.39, 0.29) is 10.6 Å². The Morgan fingerprint density at radius 2 is 1.85 bits per heavy atom. The lowest BCUT2D eigenvalue weighted by Crippen LogP contribution is -2.28. The van der Waals surface area contributed by atoms with Crippen LogP contribution in [-0.4, -0.2) is 5.91 Å². The van der Waals surface area contributed by atoms with Gasteiger partial charge in [-0.2, -0.15) is 0 Å². The number of benzene rings is 2. The van der Waals surface area contributed by atoms with Crippen molar-refractivity contribution in [1.29, 1.82) is 0 Å². The van der Waals surface area contributed by atoms with Crippen molar-refractivity contribution in [3.8, 4) is 0 Å². The predicted octanol–water partition coefficient (Wildman–Crippen LogP) is 3.77. The van der Waals surface area contributed by atoms with Gasteiger partial charge in [-0.1, -0.05) is 35.3 Å². The lowest BCUT2D eigenvalue weighted by atomic mass is 10.1. The van der Waals surface area contributed by atoms with Gasteiger partial charge in [0.05, 0.1) is 0 Å². The molecule has 0 heterocycles. The predicted molar refractivity (Wildman–Crippen MR) is 78.4 cm³/mol. The summed E-state index contributed by atoms with van der Waals surface area (Å²) in [5.41, 5.74) is 6.02. The highest BCUT2D eigenvalue weighted by molar-refractivity contribution is 6.31. The number of nitrogens with one attached hydrogen (secondary N) is 1. The highest BCUT2D eigenvalue weighted by Crippen LogP contribution is 2.25. The van der Waals surface area contributed by atoms with Crippen molar-refractivity contribution in [3.05, 3.63) is 63.9 Å². The van der Waals surface area contributed by atoms with Crippen molar-refractivity contribution in [1.82, 2.24) is 0 Å². The Morgan fingerprint density at radius 3 is 2.45 bits per heavy atom. The summed E-state index contributed by atoms with van der Waals surface area (Å²) >= 11 is 11.5. The molecule has 1 atom stereocenters. The van der Waals surface area contributed by atoms with Crippen LogP contribution in [0, 0.1) is 5.82 Å². The second kappa shape index (κ2) is 6.11. The van der Waals surface area contributed by atoms with Crippen LogP contribution in [0.5, 0.6) is 0 Å². The molecule has 2 rings (SSSR count). The average molecular weight is 313 g/mol. The fraction of sp³-hybridized carbons (Fsp3) is 0.0714. The van der Waals surface area contributed by atoms with Crippen molar-refractivity contribution < 1.29 is 9.18 Å². The molecule has 0 aliphatic rings. The third-order valence-electron chi connectivity index (χ3n) is 2.69. The van der Waals surface area contributed by atoms with Crippen LogP contribution >= 0.6 is 23.2 Å². The van der Waals surface area contributed by atoms with Crippen LogP contribution in [0.25, 0.3) is 0 Å². The zero-order valence-corrected chi connectivity index (χ0v) is 11.8. The van der Waals surface area contributed by atoms with Gasteiger partial charge in [0.1, 0.15) is 11.9 Å². The largest absolute Gasteiger partial charge is 0.370 e. The van der Waals surface area contributed by atoms with Gasteiger partial charge in [0.2, 0.25) is 5.91 Å². The molecule has 0 spiro atoms. The SMILES string of the molecule is NC(=O)C(Nc1cccc(Cl)c1)c1ccc(Cl)cc1F. The smallest absolute Gasteiger partial charge is 0.244 e. The number of hydrogen-bond acceptors (Lipinski definition) is 2. The van der Waals surface area contributed by atoms with E-state index >= 15 is 0 Å². The van der Waals surface area contributed by atoms with E-state index in [4.69, 9.17) is 28.9 Å². The van der Waals surface area contributed by atoms with Crippen LogP contribution in [0.15, 0.2) is 42.5 Å². The summed E-state index contributed by atoms with van der Waals surface area (Å²) in [4.78, 5) is 11.6. The normalized spacial score (nSPS) is 11.9. The molecular formula is C14H11Cl2FN2O. The summed E-state index contributed by atoms with van der Waals surface area (Å²) in [7, 11) is 0. The number of carbonyl (C=O) groups excluding carboxylic acids is 1. The standard InChI is InChI=1S/C14H11Cl2FN2O/c15-8-2-1-3-10(6-8)19-13(14(18)20)11-5-4-9(16)7-12(11)17/h1-7,13,19H,(H2,18,20). The van der Waals surface area contributed by atoms with Gasteiger partial charge in [-0.3, -0.25) is 4.79 Å². The van der Waals surface area contributed by atoms with Gasteiger partial charge >= 0.3 is 0 Å². The van der Waals surface area contributed by atoms with E-state index < -0.39 is 17.8 Å². The molecule has 6 heteroatoms. The molecule has 1 amide bonds. The molecule has 104 valence electrons. The first-order valence-electron chi connectivity index (χ1n) is 5.74. The Balaban J connectivity index is 2.34. The molecule has 0 aliphatic carbocycles. The zero-order chi connectivity index (χ0) is 14.7. The number of nitrogens with two attached hydrogens (primary N) is 1. The molecule has 0 saturated heterocycles. The highest BCUT2D eigenvalue weighted by Gasteiger charge is 2.21. The quantitative estimate of drug-likeness (QED) is 0.903. The molecule has 0 bridgehead atoms. The van der Waals surface area contributed by atoms with Crippen LogP contribution in [0.2, 0.25) is 10.0 Å². The lowest BCUT2D eigenvalue weighted by Gasteiger charge is -2.18. The van der Waals surface area contributed by atoms with Crippen LogP contribution < -0.4 is 11.1 Å². The van der Waals surface area contributed by atoms with E-state index in [9.17, 15) is 9.18 Å². The zero-order valence-electron chi connectivity index (χ0n) is 10.2. The maximum atomic E-state index is 13.9. The third-order valence-corrected chi connectivity index (χ3v) is 3.16. The Kier molecular flexibility index (Phi) is 4.47. The molecule has 0 radical (unpaired) electrons. The number of amides is 1. The topological polar surface area (TPSA) is 55.1 Å². The van der Waals surface area contributed by atoms with Gasteiger partial charge in [-0.05, 0) is 30.3 Å². The Labute approximate surface area is 125 Å². The molecule has 2 aromatic carbocycles. The summed E-state index contributed by atoms with van der Waals surface area (Å²) in [6.07, 6.45) is 0. The molecule has 20 heavy (non-hydrogen) atoms. The van der Waals surface area contributed by atoms with Crippen LogP contribution in [0.4, 0.5) is 10.1 Å². The Morgan fingerprint density at radius 1 is 1.15 bits per heavy atom. The van der Waals surface area contributed by atoms with E-state index in [1.54, 1.807) is 24.3 Å². The molecule has 0 saturated carbocycles. The van der Waals surface area contributed by atoms with E-state index in [1.807, 2.05) is 0 Å². The highest BCUT2D eigenvalue weighted by atomic mass is 35.5. The molecule has 0 aliphatic heterocycles. The van der Waals surface area contributed by atoms with Gasteiger partial charge in [-0.25, -0.2) is 4.39 Å². The first kappa shape index (κ1) is 14.6. The maximum absolute atomic E-state index is 13.9. The number of halogens is 3. The van der Waals surface area contributed by atoms with E-state index in [1.165, 1.54) is 12.1 Å². The van der Waals surface area contributed by atoms with E-state index in [0.717, 1.165) is 6.07 Å². The van der Waals surface area contributed by atoms with Crippen LogP contribution in [-0.2, 0) is 4.79 Å². The van der Waals surface area contributed by atoms with Gasteiger partial charge in [0.25, 0.3) is 0 Å². The van der Waals surface area contributed by atoms with Gasteiger partial charge in [0, 0.05) is 21.3 Å². The van der Waals surface area contributed by atoms with Crippen molar-refractivity contribution in [2.24, 2.45) is 5.73 Å². The lowest BCUT2D eigenvalue weighted by molar-refractivity contribution is -0.118. The van der Waals surface area contributed by atoms with E-state index in [2.05, 4.69) is 5.32 Å². The molecule has 0 aromatic heterocycles. The Hall–Kier alpha value is -1.78. The summed E-state index contributed by atoms with van der Waals surface area (Å²) in [5.74, 6) is -1.30. The summed E-state index contributed by atoms with van der Waals surface area (Å²) in [6.45, 7) is 0. The van der Waals surface area contributed by atoms with Crippen LogP contribution in [0.1, 0.15) is 11.6 Å².